The molecule has 0 amide bonds. The van der Waals surface area contributed by atoms with Crippen molar-refractivity contribution in [3.8, 4) is 0 Å². The lowest BCUT2D eigenvalue weighted by Crippen LogP contribution is -1.97. The number of aromatic nitrogens is 6. The van der Waals surface area contributed by atoms with Crippen LogP contribution in [0.4, 0.5) is 0 Å². The Morgan fingerprint density at radius 2 is 2.00 bits per heavy atom. The zero-order chi connectivity index (χ0) is 14.7. The highest BCUT2D eigenvalue weighted by Gasteiger charge is 2.09. The number of hydrogen-bond acceptors (Lipinski definition) is 5. The topological polar surface area (TPSA) is 72.3 Å². The number of hydrogen-bond donors (Lipinski definition) is 1. The molecule has 0 fully saturated rings. The van der Waals surface area contributed by atoms with Gasteiger partial charge >= 0.3 is 0 Å². The first-order valence-corrected chi connectivity index (χ1v) is 7.64. The monoisotopic (exact) mass is 300 g/mol. The lowest BCUT2D eigenvalue weighted by molar-refractivity contribution is 0.815. The van der Waals surface area contributed by atoms with E-state index in [-0.39, 0.29) is 0 Å². The van der Waals surface area contributed by atoms with Gasteiger partial charge in [-0.3, -0.25) is 5.10 Å². The Morgan fingerprint density at radius 3 is 2.71 bits per heavy atom. The fourth-order valence-corrected chi connectivity index (χ4v) is 2.71. The van der Waals surface area contributed by atoms with Crippen LogP contribution in [0.25, 0.3) is 0 Å². The summed E-state index contributed by atoms with van der Waals surface area (Å²) in [6, 6.07) is 10.2. The molecule has 108 valence electrons. The molecule has 0 saturated heterocycles. The van der Waals surface area contributed by atoms with Gasteiger partial charge in [-0.2, -0.15) is 0 Å². The maximum absolute atomic E-state index is 4.50. The molecule has 3 aromatic rings. The number of aryl methyl sites for hydroxylation is 1. The lowest BCUT2D eigenvalue weighted by atomic mass is 10.1. The van der Waals surface area contributed by atoms with Gasteiger partial charge < -0.3 is 4.57 Å². The summed E-state index contributed by atoms with van der Waals surface area (Å²) in [6.45, 7) is 1.94. The second-order valence-corrected chi connectivity index (χ2v) is 5.68. The highest BCUT2D eigenvalue weighted by molar-refractivity contribution is 7.98. The van der Waals surface area contributed by atoms with E-state index in [0.29, 0.717) is 5.75 Å². The Balaban J connectivity index is 1.61. The Hall–Kier alpha value is -2.15. The van der Waals surface area contributed by atoms with Crippen LogP contribution in [0.2, 0.25) is 0 Å². The molecule has 7 heteroatoms. The molecular weight excluding hydrogens is 284 g/mol. The van der Waals surface area contributed by atoms with Crippen molar-refractivity contribution in [1.82, 2.24) is 29.9 Å². The number of aromatic amines is 1. The third-order valence-electron chi connectivity index (χ3n) is 3.24. The van der Waals surface area contributed by atoms with Crippen LogP contribution >= 0.6 is 11.8 Å². The molecule has 0 unspecified atom stereocenters. The molecule has 6 nitrogen and oxygen atoms in total. The summed E-state index contributed by atoms with van der Waals surface area (Å²) in [4.78, 5) is 4.50. The molecule has 0 bridgehead atoms. The Kier molecular flexibility index (Phi) is 4.01. The lowest BCUT2D eigenvalue weighted by Gasteiger charge is -1.98. The third-order valence-corrected chi connectivity index (χ3v) is 4.08. The zero-order valence-corrected chi connectivity index (χ0v) is 12.8. The molecule has 0 radical (unpaired) electrons. The summed E-state index contributed by atoms with van der Waals surface area (Å²) in [5, 5.41) is 16.1. The molecule has 0 aliphatic heterocycles. The first-order chi connectivity index (χ1) is 10.2. The maximum Gasteiger partial charge on any atom is 0.208 e. The molecule has 1 aromatic carbocycles. The number of rotatable bonds is 5. The van der Waals surface area contributed by atoms with E-state index in [1.165, 1.54) is 5.56 Å². The van der Waals surface area contributed by atoms with E-state index in [1.54, 1.807) is 11.8 Å². The molecule has 0 saturated carbocycles. The first kappa shape index (κ1) is 13.8. The molecule has 1 N–H and O–H groups in total. The second-order valence-electron chi connectivity index (χ2n) is 4.74. The number of nitrogens with one attached hydrogen (secondary N) is 1. The minimum atomic E-state index is 0.708. The highest BCUT2D eigenvalue weighted by Crippen LogP contribution is 2.18. The van der Waals surface area contributed by atoms with Gasteiger partial charge in [0.15, 0.2) is 0 Å². The summed E-state index contributed by atoms with van der Waals surface area (Å²) in [6.07, 6.45) is 0.761. The average Bonchev–Trinajstić information content (AvgIpc) is 3.07. The van der Waals surface area contributed by atoms with Crippen molar-refractivity contribution in [2.45, 2.75) is 24.3 Å². The summed E-state index contributed by atoms with van der Waals surface area (Å²) in [5.41, 5.74) is 1.22. The van der Waals surface area contributed by atoms with Gasteiger partial charge in [-0.05, 0) is 12.5 Å². The van der Waals surface area contributed by atoms with E-state index in [0.717, 1.165) is 29.1 Å². The Morgan fingerprint density at radius 1 is 1.19 bits per heavy atom. The third kappa shape index (κ3) is 3.30. The molecule has 3 rings (SSSR count). The van der Waals surface area contributed by atoms with Crippen molar-refractivity contribution < 1.29 is 0 Å². The van der Waals surface area contributed by atoms with Gasteiger partial charge in [0.05, 0.1) is 5.75 Å². The van der Waals surface area contributed by atoms with Crippen LogP contribution in [0.5, 0.6) is 0 Å². The van der Waals surface area contributed by atoms with Crippen LogP contribution in [0.3, 0.4) is 0 Å². The van der Waals surface area contributed by atoms with Gasteiger partial charge in [0.2, 0.25) is 5.16 Å². The summed E-state index contributed by atoms with van der Waals surface area (Å²) < 4.78 is 1.98. The first-order valence-electron chi connectivity index (χ1n) is 6.65. The quantitative estimate of drug-likeness (QED) is 0.731. The van der Waals surface area contributed by atoms with Gasteiger partial charge in [-0.15, -0.1) is 15.3 Å². The van der Waals surface area contributed by atoms with Crippen LogP contribution in [-0.2, 0) is 19.2 Å². The predicted octanol–water partition coefficient (Wildman–Crippen LogP) is 2.12. The van der Waals surface area contributed by atoms with Crippen LogP contribution in [0.1, 0.15) is 23.0 Å². The van der Waals surface area contributed by atoms with E-state index in [4.69, 9.17) is 0 Å². The number of thioether (sulfide) groups is 1. The smallest absolute Gasteiger partial charge is 0.208 e. The number of benzene rings is 1. The Bertz CT molecular complexity index is 718. The summed E-state index contributed by atoms with van der Waals surface area (Å²) in [5.74, 6) is 3.41. The van der Waals surface area contributed by atoms with Gasteiger partial charge in [0, 0.05) is 13.5 Å². The largest absolute Gasteiger partial charge is 0.318 e. The number of H-pyrrole nitrogens is 1. The van der Waals surface area contributed by atoms with E-state index >= 15 is 0 Å². The van der Waals surface area contributed by atoms with E-state index in [1.807, 2.05) is 36.7 Å². The van der Waals surface area contributed by atoms with Crippen molar-refractivity contribution in [3.63, 3.8) is 0 Å². The molecule has 0 atom stereocenters. The van der Waals surface area contributed by atoms with Gasteiger partial charge in [-0.1, -0.05) is 42.1 Å². The van der Waals surface area contributed by atoms with Gasteiger partial charge in [0.1, 0.15) is 17.5 Å². The molecular formula is C14H16N6S. The van der Waals surface area contributed by atoms with Crippen molar-refractivity contribution in [1.29, 1.82) is 0 Å². The molecule has 0 aliphatic rings. The molecule has 0 spiro atoms. The molecule has 0 aliphatic carbocycles. The van der Waals surface area contributed by atoms with E-state index < -0.39 is 0 Å². The minimum Gasteiger partial charge on any atom is -0.318 e. The van der Waals surface area contributed by atoms with Gasteiger partial charge in [0.25, 0.3) is 0 Å². The van der Waals surface area contributed by atoms with Crippen LogP contribution in [-0.4, -0.2) is 29.9 Å². The summed E-state index contributed by atoms with van der Waals surface area (Å²) in [7, 11) is 1.96. The van der Waals surface area contributed by atoms with E-state index in [9.17, 15) is 0 Å². The fourth-order valence-electron chi connectivity index (χ4n) is 1.92. The SMILES string of the molecule is Cc1nnc(CSc2n[nH]c(Cc3ccccc3)n2)n1C. The predicted molar refractivity (Wildman–Crippen MR) is 80.9 cm³/mol. The molecule has 2 heterocycles. The molecule has 2 aromatic heterocycles. The molecule has 21 heavy (non-hydrogen) atoms. The van der Waals surface area contributed by atoms with Crippen LogP contribution in [0.15, 0.2) is 35.5 Å². The Labute approximate surface area is 127 Å². The van der Waals surface area contributed by atoms with Crippen molar-refractivity contribution in [3.05, 3.63) is 53.4 Å². The van der Waals surface area contributed by atoms with Crippen LogP contribution < -0.4 is 0 Å². The zero-order valence-electron chi connectivity index (χ0n) is 11.9. The second kappa shape index (κ2) is 6.09. The highest BCUT2D eigenvalue weighted by atomic mass is 32.2. The van der Waals surface area contributed by atoms with Crippen molar-refractivity contribution in [2.75, 3.05) is 0 Å². The van der Waals surface area contributed by atoms with Crippen molar-refractivity contribution in [2.24, 2.45) is 7.05 Å². The van der Waals surface area contributed by atoms with Crippen molar-refractivity contribution >= 4 is 11.8 Å². The normalized spacial score (nSPS) is 11.0. The maximum atomic E-state index is 4.50. The van der Waals surface area contributed by atoms with Crippen LogP contribution in [0, 0.1) is 6.92 Å². The average molecular weight is 300 g/mol. The standard InChI is InChI=1S/C14H16N6S/c1-10-16-18-13(20(10)2)9-21-14-15-12(17-19-14)8-11-6-4-3-5-7-11/h3-7H,8-9H2,1-2H3,(H,15,17,19). The minimum absolute atomic E-state index is 0.708. The summed E-state index contributed by atoms with van der Waals surface area (Å²) >= 11 is 1.56. The van der Waals surface area contributed by atoms with Gasteiger partial charge in [-0.25, -0.2) is 4.98 Å². The fraction of sp³-hybridized carbons (Fsp3) is 0.286. The van der Waals surface area contributed by atoms with E-state index in [2.05, 4.69) is 37.5 Å². The number of nitrogens with zero attached hydrogens (tertiary/aromatic N) is 5.